The van der Waals surface area contributed by atoms with Crippen molar-refractivity contribution in [2.45, 2.75) is 38.3 Å². The van der Waals surface area contributed by atoms with Crippen LogP contribution in [0.4, 0.5) is 0 Å². The van der Waals surface area contributed by atoms with Crippen molar-refractivity contribution in [1.29, 1.82) is 0 Å². The number of esters is 1. The second-order valence-electron chi connectivity index (χ2n) is 7.49. The van der Waals surface area contributed by atoms with Gasteiger partial charge < -0.3 is 10.1 Å². The molecule has 0 radical (unpaired) electrons. The van der Waals surface area contributed by atoms with Gasteiger partial charge in [0.1, 0.15) is 0 Å². The van der Waals surface area contributed by atoms with Crippen molar-refractivity contribution in [2.75, 3.05) is 0 Å². The van der Waals surface area contributed by atoms with E-state index in [0.717, 1.165) is 35.7 Å². The third-order valence-electron chi connectivity index (χ3n) is 5.36. The molecule has 1 aliphatic rings. The molecule has 0 saturated heterocycles. The Kier molecular flexibility index (Phi) is 5.89. The molecule has 2 aromatic carbocycles. The highest BCUT2D eigenvalue weighted by atomic mass is 16.5. The van der Waals surface area contributed by atoms with Gasteiger partial charge in [0, 0.05) is 11.5 Å². The fourth-order valence-corrected chi connectivity index (χ4v) is 3.79. The SMILES string of the molecule is C[C@H](OC(=O)/C=C/c1ccc2ccccc2n1)C(=O)N[C@H]1CCCc2ccccc21. The first-order valence-corrected chi connectivity index (χ1v) is 10.2. The van der Waals surface area contributed by atoms with Gasteiger partial charge in [-0.05, 0) is 55.5 Å². The molecule has 0 saturated carbocycles. The highest BCUT2D eigenvalue weighted by Crippen LogP contribution is 2.29. The predicted octanol–water partition coefficient (Wildman–Crippen LogP) is 4.37. The number of ether oxygens (including phenoxy) is 1. The van der Waals surface area contributed by atoms with E-state index < -0.39 is 12.1 Å². The zero-order valence-corrected chi connectivity index (χ0v) is 16.9. The van der Waals surface area contributed by atoms with Gasteiger partial charge in [0.2, 0.25) is 0 Å². The van der Waals surface area contributed by atoms with Gasteiger partial charge in [0.15, 0.2) is 6.10 Å². The topological polar surface area (TPSA) is 68.3 Å². The van der Waals surface area contributed by atoms with Gasteiger partial charge in [0.05, 0.1) is 17.3 Å². The summed E-state index contributed by atoms with van der Waals surface area (Å²) in [5, 5.41) is 4.06. The molecule has 0 unspecified atom stereocenters. The van der Waals surface area contributed by atoms with Crippen molar-refractivity contribution in [3.05, 3.63) is 83.6 Å². The van der Waals surface area contributed by atoms with Crippen molar-refractivity contribution < 1.29 is 14.3 Å². The van der Waals surface area contributed by atoms with E-state index in [1.807, 2.05) is 48.5 Å². The van der Waals surface area contributed by atoms with Crippen molar-refractivity contribution in [3.63, 3.8) is 0 Å². The number of para-hydroxylation sites is 1. The quantitative estimate of drug-likeness (QED) is 0.510. The van der Waals surface area contributed by atoms with Gasteiger partial charge in [-0.2, -0.15) is 0 Å². The van der Waals surface area contributed by atoms with Gasteiger partial charge in [-0.25, -0.2) is 9.78 Å². The molecule has 2 atom stereocenters. The fourth-order valence-electron chi connectivity index (χ4n) is 3.79. The van der Waals surface area contributed by atoms with E-state index in [9.17, 15) is 9.59 Å². The lowest BCUT2D eigenvalue weighted by atomic mass is 9.87. The lowest BCUT2D eigenvalue weighted by Gasteiger charge is -2.27. The molecule has 0 bridgehead atoms. The Hall–Kier alpha value is -3.47. The van der Waals surface area contributed by atoms with Crippen molar-refractivity contribution in [2.24, 2.45) is 0 Å². The van der Waals surface area contributed by atoms with Crippen LogP contribution in [0.5, 0.6) is 0 Å². The molecule has 4 rings (SSSR count). The molecule has 1 aliphatic carbocycles. The molecular formula is C25H24N2O3. The second-order valence-corrected chi connectivity index (χ2v) is 7.49. The number of hydrogen-bond donors (Lipinski definition) is 1. The zero-order valence-electron chi connectivity index (χ0n) is 16.9. The van der Waals surface area contributed by atoms with Crippen LogP contribution in [0.25, 0.3) is 17.0 Å². The summed E-state index contributed by atoms with van der Waals surface area (Å²) >= 11 is 0. The molecule has 1 amide bonds. The normalized spacial score (nSPS) is 16.8. The summed E-state index contributed by atoms with van der Waals surface area (Å²) in [6, 6.07) is 19.7. The number of rotatable bonds is 5. The van der Waals surface area contributed by atoms with Crippen LogP contribution in [0.15, 0.2) is 66.7 Å². The maximum atomic E-state index is 12.6. The summed E-state index contributed by atoms with van der Waals surface area (Å²) in [5.74, 6) is -0.862. The fraction of sp³-hybridized carbons (Fsp3) is 0.240. The molecule has 30 heavy (non-hydrogen) atoms. The number of nitrogens with zero attached hydrogens (tertiary/aromatic N) is 1. The van der Waals surface area contributed by atoms with E-state index in [0.29, 0.717) is 5.69 Å². The Morgan fingerprint density at radius 1 is 1.10 bits per heavy atom. The highest BCUT2D eigenvalue weighted by molar-refractivity contribution is 5.90. The van der Waals surface area contributed by atoms with Gasteiger partial charge in [0.25, 0.3) is 5.91 Å². The number of fused-ring (bicyclic) bond motifs is 2. The molecule has 1 heterocycles. The van der Waals surface area contributed by atoms with E-state index in [1.165, 1.54) is 11.6 Å². The van der Waals surface area contributed by atoms with Crippen LogP contribution in [0.1, 0.15) is 42.6 Å². The molecule has 1 N–H and O–H groups in total. The Morgan fingerprint density at radius 3 is 2.80 bits per heavy atom. The smallest absolute Gasteiger partial charge is 0.331 e. The molecule has 0 fully saturated rings. The number of aromatic nitrogens is 1. The molecule has 0 spiro atoms. The van der Waals surface area contributed by atoms with Crippen LogP contribution < -0.4 is 5.32 Å². The van der Waals surface area contributed by atoms with E-state index in [4.69, 9.17) is 4.74 Å². The first-order chi connectivity index (χ1) is 14.6. The monoisotopic (exact) mass is 400 g/mol. The molecule has 0 aliphatic heterocycles. The number of carbonyl (C=O) groups is 2. The van der Waals surface area contributed by atoms with Gasteiger partial charge in [-0.3, -0.25) is 4.79 Å². The highest BCUT2D eigenvalue weighted by Gasteiger charge is 2.24. The van der Waals surface area contributed by atoms with Crippen LogP contribution >= 0.6 is 0 Å². The average molecular weight is 400 g/mol. The predicted molar refractivity (Wildman–Crippen MR) is 117 cm³/mol. The largest absolute Gasteiger partial charge is 0.449 e. The molecule has 5 nitrogen and oxygen atoms in total. The standard InChI is InChI=1S/C25H24N2O3/c1-17(25(29)27-23-12-6-9-18-7-2-4-10-21(18)23)30-24(28)16-15-20-14-13-19-8-3-5-11-22(19)26-20/h2-5,7-8,10-11,13-17,23H,6,9,12H2,1H3,(H,27,29)/b16-15+/t17-,23-/m0/s1. The minimum atomic E-state index is -0.874. The number of hydrogen-bond acceptors (Lipinski definition) is 4. The second kappa shape index (κ2) is 8.91. The summed E-state index contributed by atoms with van der Waals surface area (Å²) in [6.45, 7) is 1.59. The number of benzene rings is 2. The van der Waals surface area contributed by atoms with Gasteiger partial charge in [-0.15, -0.1) is 0 Å². The minimum absolute atomic E-state index is 0.0408. The van der Waals surface area contributed by atoms with Crippen molar-refractivity contribution in [1.82, 2.24) is 10.3 Å². The number of carbonyl (C=O) groups excluding carboxylic acids is 2. The minimum Gasteiger partial charge on any atom is -0.449 e. The molecular weight excluding hydrogens is 376 g/mol. The molecule has 152 valence electrons. The number of nitrogens with one attached hydrogen (secondary N) is 1. The maximum Gasteiger partial charge on any atom is 0.331 e. The number of pyridine rings is 1. The van der Waals surface area contributed by atoms with Crippen molar-refractivity contribution >= 4 is 28.9 Å². The van der Waals surface area contributed by atoms with Crippen LogP contribution in [-0.2, 0) is 20.7 Å². The van der Waals surface area contributed by atoms with Crippen LogP contribution in [-0.4, -0.2) is 23.0 Å². The van der Waals surface area contributed by atoms with Gasteiger partial charge in [-0.1, -0.05) is 48.5 Å². The van der Waals surface area contributed by atoms with E-state index in [1.54, 1.807) is 13.0 Å². The lowest BCUT2D eigenvalue weighted by molar-refractivity contribution is -0.150. The van der Waals surface area contributed by atoms with Crippen LogP contribution in [0, 0.1) is 0 Å². The van der Waals surface area contributed by atoms with E-state index in [2.05, 4.69) is 22.4 Å². The summed E-state index contributed by atoms with van der Waals surface area (Å²) in [7, 11) is 0. The molecule has 1 aromatic heterocycles. The Morgan fingerprint density at radius 2 is 1.90 bits per heavy atom. The van der Waals surface area contributed by atoms with E-state index in [-0.39, 0.29) is 11.9 Å². The first-order valence-electron chi connectivity index (χ1n) is 10.2. The summed E-state index contributed by atoms with van der Waals surface area (Å²) < 4.78 is 5.29. The maximum absolute atomic E-state index is 12.6. The Labute approximate surface area is 175 Å². The van der Waals surface area contributed by atoms with Crippen LogP contribution in [0.2, 0.25) is 0 Å². The Balaban J connectivity index is 1.35. The number of aryl methyl sites for hydroxylation is 1. The Bertz CT molecular complexity index is 1110. The third kappa shape index (κ3) is 4.57. The van der Waals surface area contributed by atoms with Crippen molar-refractivity contribution in [3.8, 4) is 0 Å². The molecule has 3 aromatic rings. The summed E-state index contributed by atoms with van der Waals surface area (Å²) in [5.41, 5.74) is 3.93. The zero-order chi connectivity index (χ0) is 20.9. The van der Waals surface area contributed by atoms with Gasteiger partial charge >= 0.3 is 5.97 Å². The van der Waals surface area contributed by atoms with Crippen LogP contribution in [0.3, 0.4) is 0 Å². The summed E-state index contributed by atoms with van der Waals surface area (Å²) in [4.78, 5) is 29.2. The third-order valence-corrected chi connectivity index (χ3v) is 5.36. The number of amides is 1. The summed E-state index contributed by atoms with van der Waals surface area (Å²) in [6.07, 6.45) is 4.96. The first kappa shape index (κ1) is 19.8. The lowest BCUT2D eigenvalue weighted by Crippen LogP contribution is -2.39. The average Bonchev–Trinajstić information content (AvgIpc) is 2.77. The van der Waals surface area contributed by atoms with E-state index >= 15 is 0 Å². The molecule has 5 heteroatoms.